The van der Waals surface area contributed by atoms with Crippen LogP contribution in [0.3, 0.4) is 0 Å². The van der Waals surface area contributed by atoms with Crippen molar-refractivity contribution >= 4 is 0 Å². The Hall–Kier alpha value is -0.860. The van der Waals surface area contributed by atoms with Crippen molar-refractivity contribution in [2.24, 2.45) is 0 Å². The van der Waals surface area contributed by atoms with E-state index in [9.17, 15) is 5.11 Å². The van der Waals surface area contributed by atoms with E-state index in [1.54, 1.807) is 0 Å². The van der Waals surface area contributed by atoms with Gasteiger partial charge in [0.25, 0.3) is 0 Å². The zero-order chi connectivity index (χ0) is 14.7. The second-order valence-corrected chi connectivity index (χ2v) is 7.35. The molecule has 1 aromatic carbocycles. The number of rotatable bonds is 4. The van der Waals surface area contributed by atoms with Gasteiger partial charge in [-0.3, -0.25) is 0 Å². The standard InChI is InChI=1S/C17H29NO/c1-16(2,3)14-9-7-13(8-10-14)15(19)11-12-18-17(4,5)6/h7-10,15,18-19H,11-12H2,1-6H3. The fraction of sp³-hybridized carbons (Fsp3) is 0.647. The normalized spacial score (nSPS) is 14.5. The van der Waals surface area contributed by atoms with Crippen LogP contribution in [0.15, 0.2) is 24.3 Å². The largest absolute Gasteiger partial charge is 0.388 e. The molecular formula is C17H29NO. The molecule has 0 radical (unpaired) electrons. The van der Waals surface area contributed by atoms with Crippen molar-refractivity contribution in [3.63, 3.8) is 0 Å². The number of benzene rings is 1. The molecule has 1 aromatic rings. The van der Waals surface area contributed by atoms with Crippen LogP contribution in [-0.4, -0.2) is 17.2 Å². The van der Waals surface area contributed by atoms with Crippen molar-refractivity contribution in [1.29, 1.82) is 0 Å². The Balaban J connectivity index is 2.56. The molecule has 0 saturated heterocycles. The molecule has 2 nitrogen and oxygen atoms in total. The molecule has 0 saturated carbocycles. The van der Waals surface area contributed by atoms with E-state index in [0.717, 1.165) is 18.5 Å². The number of hydrogen-bond donors (Lipinski definition) is 2. The van der Waals surface area contributed by atoms with E-state index in [2.05, 4.69) is 59.0 Å². The maximum atomic E-state index is 10.2. The molecule has 2 N–H and O–H groups in total. The van der Waals surface area contributed by atoms with Gasteiger partial charge < -0.3 is 10.4 Å². The van der Waals surface area contributed by atoms with Crippen molar-refractivity contribution in [1.82, 2.24) is 5.32 Å². The number of aliphatic hydroxyl groups excluding tert-OH is 1. The maximum absolute atomic E-state index is 10.2. The average molecular weight is 263 g/mol. The highest BCUT2D eigenvalue weighted by atomic mass is 16.3. The lowest BCUT2D eigenvalue weighted by Gasteiger charge is -2.22. The Morgan fingerprint density at radius 3 is 1.95 bits per heavy atom. The minimum Gasteiger partial charge on any atom is -0.388 e. The first-order chi connectivity index (χ1) is 8.59. The van der Waals surface area contributed by atoms with Gasteiger partial charge >= 0.3 is 0 Å². The maximum Gasteiger partial charge on any atom is 0.0802 e. The van der Waals surface area contributed by atoms with E-state index in [-0.39, 0.29) is 17.1 Å². The lowest BCUT2D eigenvalue weighted by molar-refractivity contribution is 0.163. The molecule has 0 aliphatic rings. The van der Waals surface area contributed by atoms with Gasteiger partial charge in [0.05, 0.1) is 6.10 Å². The molecule has 0 heterocycles. The lowest BCUT2D eigenvalue weighted by atomic mass is 9.86. The molecule has 19 heavy (non-hydrogen) atoms. The Morgan fingerprint density at radius 1 is 1.00 bits per heavy atom. The summed E-state index contributed by atoms with van der Waals surface area (Å²) in [5.41, 5.74) is 2.58. The predicted octanol–water partition coefficient (Wildman–Crippen LogP) is 3.80. The van der Waals surface area contributed by atoms with Gasteiger partial charge in [0.15, 0.2) is 0 Å². The highest BCUT2D eigenvalue weighted by molar-refractivity contribution is 5.28. The van der Waals surface area contributed by atoms with Crippen LogP contribution in [0.1, 0.15) is 65.2 Å². The summed E-state index contributed by atoms with van der Waals surface area (Å²) >= 11 is 0. The van der Waals surface area contributed by atoms with E-state index in [4.69, 9.17) is 0 Å². The molecule has 1 unspecified atom stereocenters. The van der Waals surface area contributed by atoms with Crippen LogP contribution in [0.4, 0.5) is 0 Å². The number of nitrogens with one attached hydrogen (secondary N) is 1. The van der Waals surface area contributed by atoms with Crippen molar-refractivity contribution in [2.75, 3.05) is 6.54 Å². The lowest BCUT2D eigenvalue weighted by Crippen LogP contribution is -2.36. The van der Waals surface area contributed by atoms with E-state index >= 15 is 0 Å². The zero-order valence-electron chi connectivity index (χ0n) is 13.2. The third-order valence-electron chi connectivity index (χ3n) is 3.23. The minimum atomic E-state index is -0.385. The molecule has 1 atom stereocenters. The molecule has 1 rings (SSSR count). The molecule has 0 amide bonds. The summed E-state index contributed by atoms with van der Waals surface area (Å²) in [7, 11) is 0. The number of hydrogen-bond acceptors (Lipinski definition) is 2. The Bertz CT molecular complexity index is 381. The SMILES string of the molecule is CC(C)(C)NCCC(O)c1ccc(C(C)(C)C)cc1. The van der Waals surface area contributed by atoms with E-state index in [1.165, 1.54) is 5.56 Å². The fourth-order valence-electron chi connectivity index (χ4n) is 1.96. The summed E-state index contributed by atoms with van der Waals surface area (Å²) < 4.78 is 0. The van der Waals surface area contributed by atoms with Crippen LogP contribution < -0.4 is 5.32 Å². The monoisotopic (exact) mass is 263 g/mol. The van der Waals surface area contributed by atoms with Crippen molar-refractivity contribution in [3.05, 3.63) is 35.4 Å². The zero-order valence-corrected chi connectivity index (χ0v) is 13.2. The Morgan fingerprint density at radius 2 is 1.53 bits per heavy atom. The van der Waals surface area contributed by atoms with E-state index < -0.39 is 0 Å². The molecule has 108 valence electrons. The topological polar surface area (TPSA) is 32.3 Å². The first-order valence-electron chi connectivity index (χ1n) is 7.13. The van der Waals surface area contributed by atoms with Gasteiger partial charge in [-0.1, -0.05) is 45.0 Å². The van der Waals surface area contributed by atoms with Crippen LogP contribution in [0, 0.1) is 0 Å². The van der Waals surface area contributed by atoms with Crippen LogP contribution in [0.2, 0.25) is 0 Å². The van der Waals surface area contributed by atoms with Crippen LogP contribution >= 0.6 is 0 Å². The summed E-state index contributed by atoms with van der Waals surface area (Å²) in [5.74, 6) is 0. The second kappa shape index (κ2) is 6.06. The quantitative estimate of drug-likeness (QED) is 0.866. The summed E-state index contributed by atoms with van der Waals surface area (Å²) in [4.78, 5) is 0. The Kier molecular flexibility index (Phi) is 5.17. The molecular weight excluding hydrogens is 234 g/mol. The highest BCUT2D eigenvalue weighted by Crippen LogP contribution is 2.24. The first kappa shape index (κ1) is 16.2. The predicted molar refractivity (Wildman–Crippen MR) is 82.5 cm³/mol. The summed E-state index contributed by atoms with van der Waals surface area (Å²) in [6.45, 7) is 13.8. The van der Waals surface area contributed by atoms with E-state index in [1.807, 2.05) is 12.1 Å². The Labute approximate surface area is 118 Å². The van der Waals surface area contributed by atoms with E-state index in [0.29, 0.717) is 0 Å². The molecule has 0 spiro atoms. The summed E-state index contributed by atoms with van der Waals surface area (Å²) in [6, 6.07) is 8.33. The van der Waals surface area contributed by atoms with Crippen molar-refractivity contribution in [3.8, 4) is 0 Å². The fourth-order valence-corrected chi connectivity index (χ4v) is 1.96. The molecule has 0 aliphatic carbocycles. The number of aliphatic hydroxyl groups is 1. The van der Waals surface area contributed by atoms with Gasteiger partial charge in [-0.25, -0.2) is 0 Å². The molecule has 2 heteroatoms. The third kappa shape index (κ3) is 5.75. The van der Waals surface area contributed by atoms with Gasteiger partial charge in [-0.05, 0) is 50.3 Å². The molecule has 0 aliphatic heterocycles. The van der Waals surface area contributed by atoms with Crippen molar-refractivity contribution < 1.29 is 5.11 Å². The molecule has 0 fully saturated rings. The third-order valence-corrected chi connectivity index (χ3v) is 3.23. The summed E-state index contributed by atoms with van der Waals surface area (Å²) in [6.07, 6.45) is 0.357. The van der Waals surface area contributed by atoms with Gasteiger partial charge in [0.2, 0.25) is 0 Å². The highest BCUT2D eigenvalue weighted by Gasteiger charge is 2.15. The van der Waals surface area contributed by atoms with Crippen LogP contribution in [0.25, 0.3) is 0 Å². The summed E-state index contributed by atoms with van der Waals surface area (Å²) in [5, 5.41) is 13.6. The van der Waals surface area contributed by atoms with Crippen molar-refractivity contribution in [2.45, 2.75) is 65.0 Å². The van der Waals surface area contributed by atoms with Gasteiger partial charge in [-0.15, -0.1) is 0 Å². The van der Waals surface area contributed by atoms with Gasteiger partial charge in [-0.2, -0.15) is 0 Å². The minimum absolute atomic E-state index is 0.107. The smallest absolute Gasteiger partial charge is 0.0802 e. The van der Waals surface area contributed by atoms with Gasteiger partial charge in [0, 0.05) is 5.54 Å². The molecule has 0 aromatic heterocycles. The van der Waals surface area contributed by atoms with Gasteiger partial charge in [0.1, 0.15) is 0 Å². The average Bonchev–Trinajstić information content (AvgIpc) is 2.26. The second-order valence-electron chi connectivity index (χ2n) is 7.35. The van der Waals surface area contributed by atoms with Crippen LogP contribution in [0.5, 0.6) is 0 Å². The van der Waals surface area contributed by atoms with Crippen LogP contribution in [-0.2, 0) is 5.41 Å². The molecule has 0 bridgehead atoms. The first-order valence-corrected chi connectivity index (χ1v) is 7.13.